The van der Waals surface area contributed by atoms with Crippen molar-refractivity contribution >= 4 is 11.6 Å². The van der Waals surface area contributed by atoms with E-state index in [9.17, 15) is 5.11 Å². The fourth-order valence-corrected chi connectivity index (χ4v) is 1.80. The molecule has 0 bridgehead atoms. The van der Waals surface area contributed by atoms with E-state index in [4.69, 9.17) is 11.6 Å². The molecule has 1 atom stereocenters. The van der Waals surface area contributed by atoms with Gasteiger partial charge < -0.3 is 5.11 Å². The van der Waals surface area contributed by atoms with Gasteiger partial charge in [0, 0.05) is 5.02 Å². The third kappa shape index (κ3) is 3.84. The molecule has 0 fully saturated rings. The number of aryl methyl sites for hydroxylation is 1. The minimum atomic E-state index is -0.383. The molecule has 0 saturated carbocycles. The number of hydrogen-bond acceptors (Lipinski definition) is 1. The van der Waals surface area contributed by atoms with Crippen LogP contribution in [-0.4, -0.2) is 5.11 Å². The molecule has 1 aromatic carbocycles. The second kappa shape index (κ2) is 5.53. The first-order valence-electron chi connectivity index (χ1n) is 5.45. The third-order valence-electron chi connectivity index (χ3n) is 2.62. The van der Waals surface area contributed by atoms with E-state index < -0.39 is 0 Å². The highest BCUT2D eigenvalue weighted by Gasteiger charge is 2.11. The highest BCUT2D eigenvalue weighted by Crippen LogP contribution is 2.26. The van der Waals surface area contributed by atoms with E-state index in [0.29, 0.717) is 10.9 Å². The van der Waals surface area contributed by atoms with Gasteiger partial charge in [-0.25, -0.2) is 0 Å². The molecule has 84 valence electrons. The molecule has 0 spiro atoms. The van der Waals surface area contributed by atoms with Crippen LogP contribution in [0.15, 0.2) is 18.2 Å². The fourth-order valence-electron chi connectivity index (χ4n) is 1.62. The lowest BCUT2D eigenvalue weighted by Crippen LogP contribution is -2.02. The summed E-state index contributed by atoms with van der Waals surface area (Å²) in [6.45, 7) is 6.33. The first-order chi connectivity index (χ1) is 7.00. The number of hydrogen-bond donors (Lipinski definition) is 1. The topological polar surface area (TPSA) is 20.2 Å². The molecule has 0 aliphatic rings. The Morgan fingerprint density at radius 3 is 2.53 bits per heavy atom. The quantitative estimate of drug-likeness (QED) is 0.819. The summed E-state index contributed by atoms with van der Waals surface area (Å²) in [6, 6.07) is 5.67. The van der Waals surface area contributed by atoms with Crippen molar-refractivity contribution in [3.05, 3.63) is 34.3 Å². The first kappa shape index (κ1) is 12.5. The van der Waals surface area contributed by atoms with Gasteiger partial charge in [0.2, 0.25) is 0 Å². The highest BCUT2D eigenvalue weighted by atomic mass is 35.5. The maximum absolute atomic E-state index is 10.0. The van der Waals surface area contributed by atoms with E-state index in [1.54, 1.807) is 0 Å². The van der Waals surface area contributed by atoms with Crippen molar-refractivity contribution in [2.24, 2.45) is 5.92 Å². The molecule has 1 rings (SSSR count). The largest absolute Gasteiger partial charge is 0.388 e. The average molecular weight is 227 g/mol. The summed E-state index contributed by atoms with van der Waals surface area (Å²) in [4.78, 5) is 0. The van der Waals surface area contributed by atoms with Gasteiger partial charge in [0.05, 0.1) is 6.10 Å². The summed E-state index contributed by atoms with van der Waals surface area (Å²) in [6.07, 6.45) is 1.46. The predicted molar refractivity (Wildman–Crippen MR) is 65.2 cm³/mol. The number of benzene rings is 1. The Balaban J connectivity index is 2.72. The molecular formula is C13H19ClO. The van der Waals surface area contributed by atoms with Crippen molar-refractivity contribution in [1.82, 2.24) is 0 Å². The Labute approximate surface area is 97.1 Å². The normalized spacial score (nSPS) is 13.2. The van der Waals surface area contributed by atoms with Gasteiger partial charge in [-0.3, -0.25) is 0 Å². The van der Waals surface area contributed by atoms with E-state index >= 15 is 0 Å². The van der Waals surface area contributed by atoms with E-state index in [-0.39, 0.29) is 6.10 Å². The summed E-state index contributed by atoms with van der Waals surface area (Å²) >= 11 is 5.91. The Hall–Kier alpha value is -0.530. The van der Waals surface area contributed by atoms with Gasteiger partial charge in [-0.1, -0.05) is 31.5 Å². The zero-order valence-electron chi connectivity index (χ0n) is 9.63. The zero-order chi connectivity index (χ0) is 11.4. The third-order valence-corrected chi connectivity index (χ3v) is 2.85. The number of halogens is 1. The molecule has 0 aliphatic heterocycles. The zero-order valence-corrected chi connectivity index (χ0v) is 10.4. The minimum absolute atomic E-state index is 0.383. The molecule has 1 aromatic rings. The van der Waals surface area contributed by atoms with Crippen LogP contribution in [0.5, 0.6) is 0 Å². The average Bonchev–Trinajstić information content (AvgIpc) is 2.18. The number of rotatable bonds is 4. The summed E-state index contributed by atoms with van der Waals surface area (Å²) < 4.78 is 0. The smallest absolute Gasteiger partial charge is 0.0793 e. The molecular weight excluding hydrogens is 208 g/mol. The van der Waals surface area contributed by atoms with Crippen LogP contribution in [0.1, 0.15) is 43.9 Å². The van der Waals surface area contributed by atoms with Crippen LogP contribution in [0.2, 0.25) is 5.02 Å². The molecule has 0 saturated heterocycles. The Bertz CT molecular complexity index is 320. The Morgan fingerprint density at radius 2 is 1.93 bits per heavy atom. The number of aliphatic hydroxyl groups is 1. The molecule has 1 N–H and O–H groups in total. The molecule has 0 amide bonds. The summed E-state index contributed by atoms with van der Waals surface area (Å²) in [5.74, 6) is 0.624. The van der Waals surface area contributed by atoms with E-state index in [0.717, 1.165) is 24.0 Å². The Morgan fingerprint density at radius 1 is 1.27 bits per heavy atom. The second-order valence-corrected chi connectivity index (χ2v) is 4.92. The lowest BCUT2D eigenvalue weighted by Gasteiger charge is -2.15. The Kier molecular flexibility index (Phi) is 4.62. The summed E-state index contributed by atoms with van der Waals surface area (Å²) in [5.41, 5.74) is 2.07. The van der Waals surface area contributed by atoms with Crippen molar-refractivity contribution in [1.29, 1.82) is 0 Å². The second-order valence-electron chi connectivity index (χ2n) is 4.49. The maximum Gasteiger partial charge on any atom is 0.0793 e. The lowest BCUT2D eigenvalue weighted by molar-refractivity contribution is 0.158. The predicted octanol–water partition coefficient (Wildman–Crippen LogP) is 4.12. The lowest BCUT2D eigenvalue weighted by atomic mass is 9.97. The monoisotopic (exact) mass is 226 g/mol. The molecule has 0 radical (unpaired) electrons. The standard InChI is InChI=1S/C13H19ClO/c1-9(2)4-7-13(15)12-8-11(14)6-5-10(12)3/h5-6,8-9,13,15H,4,7H2,1-3H3. The molecule has 1 unspecified atom stereocenters. The van der Waals surface area contributed by atoms with Crippen LogP contribution in [0.4, 0.5) is 0 Å². The van der Waals surface area contributed by atoms with Crippen molar-refractivity contribution in [2.45, 2.75) is 39.7 Å². The maximum atomic E-state index is 10.0. The van der Waals surface area contributed by atoms with Gasteiger partial charge in [0.25, 0.3) is 0 Å². The minimum Gasteiger partial charge on any atom is -0.388 e. The SMILES string of the molecule is Cc1ccc(Cl)cc1C(O)CCC(C)C. The van der Waals surface area contributed by atoms with Crippen molar-refractivity contribution in [3.8, 4) is 0 Å². The molecule has 15 heavy (non-hydrogen) atoms. The molecule has 1 nitrogen and oxygen atoms in total. The van der Waals surface area contributed by atoms with Crippen LogP contribution in [0, 0.1) is 12.8 Å². The van der Waals surface area contributed by atoms with Crippen molar-refractivity contribution in [3.63, 3.8) is 0 Å². The van der Waals surface area contributed by atoms with Gasteiger partial charge >= 0.3 is 0 Å². The van der Waals surface area contributed by atoms with Gasteiger partial charge in [-0.05, 0) is 48.9 Å². The molecule has 2 heteroatoms. The highest BCUT2D eigenvalue weighted by molar-refractivity contribution is 6.30. The van der Waals surface area contributed by atoms with Crippen LogP contribution in [0.3, 0.4) is 0 Å². The van der Waals surface area contributed by atoms with E-state index in [2.05, 4.69) is 13.8 Å². The van der Waals surface area contributed by atoms with Crippen LogP contribution < -0.4 is 0 Å². The van der Waals surface area contributed by atoms with Gasteiger partial charge in [0.1, 0.15) is 0 Å². The molecule has 0 aliphatic carbocycles. The molecule has 0 heterocycles. The first-order valence-corrected chi connectivity index (χ1v) is 5.82. The van der Waals surface area contributed by atoms with Crippen LogP contribution >= 0.6 is 11.6 Å². The summed E-state index contributed by atoms with van der Waals surface area (Å²) in [5, 5.41) is 10.7. The fraction of sp³-hybridized carbons (Fsp3) is 0.538. The van der Waals surface area contributed by atoms with Gasteiger partial charge in [-0.15, -0.1) is 0 Å². The van der Waals surface area contributed by atoms with Crippen LogP contribution in [-0.2, 0) is 0 Å². The molecule has 0 aromatic heterocycles. The summed E-state index contributed by atoms with van der Waals surface area (Å²) in [7, 11) is 0. The van der Waals surface area contributed by atoms with E-state index in [1.807, 2.05) is 25.1 Å². The van der Waals surface area contributed by atoms with Crippen LogP contribution in [0.25, 0.3) is 0 Å². The van der Waals surface area contributed by atoms with Gasteiger partial charge in [-0.2, -0.15) is 0 Å². The van der Waals surface area contributed by atoms with Gasteiger partial charge in [0.15, 0.2) is 0 Å². The van der Waals surface area contributed by atoms with Crippen molar-refractivity contribution < 1.29 is 5.11 Å². The van der Waals surface area contributed by atoms with Crippen molar-refractivity contribution in [2.75, 3.05) is 0 Å². The van der Waals surface area contributed by atoms with E-state index in [1.165, 1.54) is 0 Å². The number of aliphatic hydroxyl groups excluding tert-OH is 1.